The maximum absolute atomic E-state index is 12.2. The van der Waals surface area contributed by atoms with Crippen LogP contribution in [-0.2, 0) is 19.4 Å². The van der Waals surface area contributed by atoms with E-state index in [4.69, 9.17) is 11.1 Å². The Labute approximate surface area is 101 Å². The quantitative estimate of drug-likeness (QED) is 0.612. The molecule has 1 aromatic rings. The molecule has 17 heavy (non-hydrogen) atoms. The van der Waals surface area contributed by atoms with Crippen LogP contribution < -0.4 is 11.3 Å². The maximum Gasteiger partial charge on any atom is 0.261 e. The van der Waals surface area contributed by atoms with Crippen molar-refractivity contribution in [1.29, 1.82) is 5.41 Å². The van der Waals surface area contributed by atoms with Gasteiger partial charge in [0.25, 0.3) is 5.56 Å². The van der Waals surface area contributed by atoms with E-state index in [1.165, 1.54) is 5.56 Å². The molecule has 0 aromatic carbocycles. The van der Waals surface area contributed by atoms with Crippen molar-refractivity contribution in [2.75, 3.05) is 0 Å². The van der Waals surface area contributed by atoms with Crippen LogP contribution in [0.3, 0.4) is 0 Å². The number of hydrogen-bond donors (Lipinski definition) is 2. The fraction of sp³-hybridized carbons (Fsp3) is 0.538. The molecule has 3 N–H and O–H groups in total. The smallest absolute Gasteiger partial charge is 0.261 e. The third-order valence-corrected chi connectivity index (χ3v) is 3.34. The number of nitrogens with zero attached hydrogens (tertiary/aromatic N) is 1. The normalized spacial score (nSPS) is 14.4. The summed E-state index contributed by atoms with van der Waals surface area (Å²) in [6.45, 7) is 2.78. The first-order valence-corrected chi connectivity index (χ1v) is 6.25. The molecule has 0 fully saturated rings. The molecule has 1 aliphatic rings. The Kier molecular flexibility index (Phi) is 3.31. The van der Waals surface area contributed by atoms with Crippen LogP contribution >= 0.6 is 0 Å². The predicted molar refractivity (Wildman–Crippen MR) is 68.7 cm³/mol. The van der Waals surface area contributed by atoms with Gasteiger partial charge in [-0.3, -0.25) is 10.2 Å². The summed E-state index contributed by atoms with van der Waals surface area (Å²) in [5.74, 6) is -0.117. The lowest BCUT2D eigenvalue weighted by molar-refractivity contribution is 0.565. The van der Waals surface area contributed by atoms with Crippen LogP contribution in [0.5, 0.6) is 0 Å². The number of pyridine rings is 1. The number of nitrogen functional groups attached to an aromatic ring is 1. The molecule has 0 unspecified atom stereocenters. The van der Waals surface area contributed by atoms with Gasteiger partial charge in [-0.15, -0.1) is 0 Å². The average molecular weight is 233 g/mol. The van der Waals surface area contributed by atoms with E-state index in [-0.39, 0.29) is 11.4 Å². The number of aromatic nitrogens is 1. The lowest BCUT2D eigenvalue weighted by Crippen LogP contribution is -2.33. The summed E-state index contributed by atoms with van der Waals surface area (Å²) in [7, 11) is 0. The van der Waals surface area contributed by atoms with E-state index in [0.29, 0.717) is 5.56 Å². The third kappa shape index (κ3) is 2.12. The van der Waals surface area contributed by atoms with Gasteiger partial charge in [-0.2, -0.15) is 0 Å². The second kappa shape index (κ2) is 4.73. The van der Waals surface area contributed by atoms with E-state index in [0.717, 1.165) is 44.3 Å². The molecule has 0 saturated carbocycles. The van der Waals surface area contributed by atoms with Crippen LogP contribution in [0.25, 0.3) is 0 Å². The van der Waals surface area contributed by atoms with Gasteiger partial charge in [0.2, 0.25) is 0 Å². The molecule has 92 valence electrons. The zero-order valence-corrected chi connectivity index (χ0v) is 10.3. The fourth-order valence-corrected chi connectivity index (χ4v) is 2.53. The van der Waals surface area contributed by atoms with Gasteiger partial charge in [0.1, 0.15) is 5.84 Å². The Bertz CT molecular complexity index is 502. The van der Waals surface area contributed by atoms with Gasteiger partial charge in [-0.25, -0.2) is 0 Å². The molecule has 0 spiro atoms. The van der Waals surface area contributed by atoms with E-state index in [1.54, 1.807) is 0 Å². The highest BCUT2D eigenvalue weighted by Gasteiger charge is 2.18. The first-order valence-electron chi connectivity index (χ1n) is 6.25. The van der Waals surface area contributed by atoms with Crippen LogP contribution in [0, 0.1) is 5.41 Å². The first-order chi connectivity index (χ1) is 8.15. The molecule has 2 rings (SSSR count). The van der Waals surface area contributed by atoms with Crippen molar-refractivity contribution < 1.29 is 0 Å². The summed E-state index contributed by atoms with van der Waals surface area (Å²) in [6, 6.07) is 1.82. The van der Waals surface area contributed by atoms with Gasteiger partial charge in [0.15, 0.2) is 0 Å². The van der Waals surface area contributed by atoms with Crippen LogP contribution in [0.1, 0.15) is 43.0 Å². The van der Waals surface area contributed by atoms with Crippen LogP contribution in [0.15, 0.2) is 10.9 Å². The molecule has 1 aliphatic carbocycles. The Morgan fingerprint density at radius 1 is 1.47 bits per heavy atom. The van der Waals surface area contributed by atoms with Crippen molar-refractivity contribution in [3.63, 3.8) is 0 Å². The zero-order chi connectivity index (χ0) is 12.4. The number of amidine groups is 1. The van der Waals surface area contributed by atoms with Crippen molar-refractivity contribution in [2.45, 2.75) is 45.6 Å². The van der Waals surface area contributed by atoms with Gasteiger partial charge >= 0.3 is 0 Å². The second-order valence-corrected chi connectivity index (χ2v) is 4.61. The lowest BCUT2D eigenvalue weighted by Gasteiger charge is -2.22. The standard InChI is InChI=1S/C13H19N3O/c1-2-7-16-11-6-4-3-5-9(11)8-10(12(14)15)13(16)17/h8H,2-7H2,1H3,(H3,14,15). The summed E-state index contributed by atoms with van der Waals surface area (Å²) in [5, 5.41) is 7.49. The molecule has 1 aromatic heterocycles. The number of nitrogens with one attached hydrogen (secondary N) is 1. The predicted octanol–water partition coefficient (Wildman–Crippen LogP) is 1.42. The van der Waals surface area contributed by atoms with Gasteiger partial charge in [-0.05, 0) is 43.7 Å². The molecule has 4 nitrogen and oxygen atoms in total. The lowest BCUT2D eigenvalue weighted by atomic mass is 9.94. The zero-order valence-electron chi connectivity index (χ0n) is 10.3. The SMILES string of the molecule is CCCn1c2c(cc(C(=N)N)c1=O)CCCC2. The molecule has 0 amide bonds. The molecule has 0 bridgehead atoms. The summed E-state index contributed by atoms with van der Waals surface area (Å²) in [5.41, 5.74) is 8.11. The van der Waals surface area contributed by atoms with Crippen LogP contribution in [-0.4, -0.2) is 10.4 Å². The highest BCUT2D eigenvalue weighted by molar-refractivity contribution is 5.94. The fourth-order valence-electron chi connectivity index (χ4n) is 2.53. The first kappa shape index (κ1) is 11.9. The largest absolute Gasteiger partial charge is 0.384 e. The molecule has 0 radical (unpaired) electrons. The Hall–Kier alpha value is -1.58. The van der Waals surface area contributed by atoms with E-state index < -0.39 is 0 Å². The Balaban J connectivity index is 2.64. The highest BCUT2D eigenvalue weighted by atomic mass is 16.1. The minimum absolute atomic E-state index is 0.0972. The minimum atomic E-state index is -0.117. The van der Waals surface area contributed by atoms with Crippen molar-refractivity contribution in [1.82, 2.24) is 4.57 Å². The Morgan fingerprint density at radius 2 is 2.18 bits per heavy atom. The van der Waals surface area contributed by atoms with Crippen molar-refractivity contribution in [3.05, 3.63) is 33.2 Å². The van der Waals surface area contributed by atoms with Crippen molar-refractivity contribution >= 4 is 5.84 Å². The van der Waals surface area contributed by atoms with E-state index >= 15 is 0 Å². The number of hydrogen-bond acceptors (Lipinski definition) is 2. The second-order valence-electron chi connectivity index (χ2n) is 4.61. The summed E-state index contributed by atoms with van der Waals surface area (Å²) in [6.07, 6.45) is 5.21. The Morgan fingerprint density at radius 3 is 2.82 bits per heavy atom. The maximum atomic E-state index is 12.2. The highest BCUT2D eigenvalue weighted by Crippen LogP contribution is 2.20. The number of fused-ring (bicyclic) bond motifs is 1. The molecule has 0 atom stereocenters. The van der Waals surface area contributed by atoms with Gasteiger partial charge in [0, 0.05) is 12.2 Å². The van der Waals surface area contributed by atoms with Crippen molar-refractivity contribution in [2.24, 2.45) is 5.73 Å². The number of nitrogens with two attached hydrogens (primary N) is 1. The monoisotopic (exact) mass is 233 g/mol. The topological polar surface area (TPSA) is 71.9 Å². The summed E-state index contributed by atoms with van der Waals surface area (Å²) < 4.78 is 1.82. The van der Waals surface area contributed by atoms with E-state index in [2.05, 4.69) is 6.92 Å². The van der Waals surface area contributed by atoms with Crippen LogP contribution in [0.2, 0.25) is 0 Å². The molecule has 0 aliphatic heterocycles. The molecular weight excluding hydrogens is 214 g/mol. The molecule has 1 heterocycles. The summed E-state index contributed by atoms with van der Waals surface area (Å²) in [4.78, 5) is 12.2. The van der Waals surface area contributed by atoms with Crippen molar-refractivity contribution in [3.8, 4) is 0 Å². The van der Waals surface area contributed by atoms with E-state index in [1.807, 2.05) is 10.6 Å². The molecular formula is C13H19N3O. The third-order valence-electron chi connectivity index (χ3n) is 3.34. The number of aryl methyl sites for hydroxylation is 1. The van der Waals surface area contributed by atoms with Crippen LogP contribution in [0.4, 0.5) is 0 Å². The molecule has 4 heteroatoms. The average Bonchev–Trinajstić information content (AvgIpc) is 2.32. The number of rotatable bonds is 3. The van der Waals surface area contributed by atoms with Gasteiger partial charge in [0.05, 0.1) is 5.56 Å². The van der Waals surface area contributed by atoms with Gasteiger partial charge < -0.3 is 10.3 Å². The minimum Gasteiger partial charge on any atom is -0.384 e. The van der Waals surface area contributed by atoms with Gasteiger partial charge in [-0.1, -0.05) is 6.92 Å². The summed E-state index contributed by atoms with van der Waals surface area (Å²) >= 11 is 0. The molecule has 0 saturated heterocycles. The van der Waals surface area contributed by atoms with E-state index in [9.17, 15) is 4.79 Å².